The van der Waals surface area contributed by atoms with Gasteiger partial charge in [-0.1, -0.05) is 0 Å². The highest BCUT2D eigenvalue weighted by Crippen LogP contribution is 2.12. The molecule has 64 valence electrons. The van der Waals surface area contributed by atoms with E-state index in [0.717, 1.165) is 13.1 Å². The lowest BCUT2D eigenvalue weighted by Crippen LogP contribution is -2.52. The number of likely N-dealkylation sites (N-methyl/N-ethyl adjacent to an activating group) is 1. The van der Waals surface area contributed by atoms with Gasteiger partial charge in [0.15, 0.2) is 0 Å². The van der Waals surface area contributed by atoms with Crippen LogP contribution in [0.2, 0.25) is 0 Å². The summed E-state index contributed by atoms with van der Waals surface area (Å²) in [6.07, 6.45) is 0. The normalized spacial score (nSPS) is 33.9. The Kier molecular flexibility index (Phi) is 2.44. The number of piperazine rings is 1. The number of nitrogens with zero attached hydrogens (tertiary/aromatic N) is 3. The summed E-state index contributed by atoms with van der Waals surface area (Å²) in [6.45, 7) is 5.72. The zero-order valence-electron chi connectivity index (χ0n) is 7.32. The SMILES string of the molecule is C[C@@H]1CN(N=O)C[C@@H](C)N1C. The molecule has 0 aromatic heterocycles. The van der Waals surface area contributed by atoms with Crippen LogP contribution in [0.25, 0.3) is 0 Å². The molecule has 4 heteroatoms. The summed E-state index contributed by atoms with van der Waals surface area (Å²) in [5.41, 5.74) is 0. The monoisotopic (exact) mass is 157 g/mol. The number of hydrogen-bond donors (Lipinski definition) is 0. The van der Waals surface area contributed by atoms with Gasteiger partial charge in [-0.05, 0) is 20.9 Å². The van der Waals surface area contributed by atoms with E-state index < -0.39 is 0 Å². The van der Waals surface area contributed by atoms with E-state index in [-0.39, 0.29) is 0 Å². The Bertz CT molecular complexity index is 139. The highest BCUT2D eigenvalue weighted by Gasteiger charge is 2.25. The lowest BCUT2D eigenvalue weighted by atomic mass is 10.1. The second-order valence-electron chi connectivity index (χ2n) is 3.32. The van der Waals surface area contributed by atoms with Crippen LogP contribution in [0.5, 0.6) is 0 Å². The summed E-state index contributed by atoms with van der Waals surface area (Å²) < 4.78 is 0. The van der Waals surface area contributed by atoms with Crippen LogP contribution in [-0.2, 0) is 0 Å². The van der Waals surface area contributed by atoms with Crippen molar-refractivity contribution in [3.63, 3.8) is 0 Å². The summed E-state index contributed by atoms with van der Waals surface area (Å²) in [5.74, 6) is 0. The Hall–Kier alpha value is -0.640. The molecule has 0 bridgehead atoms. The van der Waals surface area contributed by atoms with Gasteiger partial charge in [0.25, 0.3) is 0 Å². The van der Waals surface area contributed by atoms with E-state index in [1.807, 2.05) is 0 Å². The molecule has 0 aliphatic carbocycles. The molecule has 11 heavy (non-hydrogen) atoms. The van der Waals surface area contributed by atoms with Crippen LogP contribution < -0.4 is 0 Å². The van der Waals surface area contributed by atoms with Gasteiger partial charge in [-0.15, -0.1) is 4.91 Å². The van der Waals surface area contributed by atoms with Gasteiger partial charge >= 0.3 is 0 Å². The third kappa shape index (κ3) is 1.68. The molecule has 1 aliphatic heterocycles. The maximum Gasteiger partial charge on any atom is 0.0546 e. The van der Waals surface area contributed by atoms with Gasteiger partial charge in [-0.2, -0.15) is 0 Å². The molecule has 0 saturated carbocycles. The molecule has 0 aromatic carbocycles. The van der Waals surface area contributed by atoms with E-state index in [0.29, 0.717) is 12.1 Å². The van der Waals surface area contributed by atoms with Gasteiger partial charge in [0.1, 0.15) is 0 Å². The first-order valence-corrected chi connectivity index (χ1v) is 3.95. The zero-order chi connectivity index (χ0) is 8.43. The molecule has 0 radical (unpaired) electrons. The van der Waals surface area contributed by atoms with Crippen molar-refractivity contribution in [1.29, 1.82) is 0 Å². The van der Waals surface area contributed by atoms with Crippen molar-refractivity contribution in [1.82, 2.24) is 9.91 Å². The minimum absolute atomic E-state index is 0.427. The van der Waals surface area contributed by atoms with Crippen molar-refractivity contribution < 1.29 is 0 Å². The van der Waals surface area contributed by atoms with Crippen LogP contribution in [0, 0.1) is 4.91 Å². The maximum atomic E-state index is 10.2. The predicted molar refractivity (Wildman–Crippen MR) is 44.1 cm³/mol. The Morgan fingerprint density at radius 2 is 1.73 bits per heavy atom. The van der Waals surface area contributed by atoms with Crippen molar-refractivity contribution in [2.75, 3.05) is 20.1 Å². The minimum Gasteiger partial charge on any atom is -0.297 e. The zero-order valence-corrected chi connectivity index (χ0v) is 7.32. The average Bonchev–Trinajstić information content (AvgIpc) is 1.99. The summed E-state index contributed by atoms with van der Waals surface area (Å²) in [7, 11) is 2.08. The maximum absolute atomic E-state index is 10.2. The Morgan fingerprint density at radius 1 is 1.27 bits per heavy atom. The first kappa shape index (κ1) is 8.46. The van der Waals surface area contributed by atoms with Crippen molar-refractivity contribution >= 4 is 0 Å². The highest BCUT2D eigenvalue weighted by atomic mass is 16.3. The average molecular weight is 157 g/mol. The molecule has 2 atom stereocenters. The lowest BCUT2D eigenvalue weighted by molar-refractivity contribution is 0.0609. The number of nitroso groups, excluding NO2 is 1. The van der Waals surface area contributed by atoms with Gasteiger partial charge in [-0.3, -0.25) is 9.91 Å². The van der Waals surface area contributed by atoms with Crippen LogP contribution in [0.1, 0.15) is 13.8 Å². The van der Waals surface area contributed by atoms with E-state index in [9.17, 15) is 4.91 Å². The van der Waals surface area contributed by atoms with E-state index in [2.05, 4.69) is 31.1 Å². The largest absolute Gasteiger partial charge is 0.297 e. The fourth-order valence-electron chi connectivity index (χ4n) is 1.44. The summed E-state index contributed by atoms with van der Waals surface area (Å²) in [4.78, 5) is 12.5. The molecule has 1 fully saturated rings. The summed E-state index contributed by atoms with van der Waals surface area (Å²) in [6, 6.07) is 0.855. The van der Waals surface area contributed by atoms with Crippen LogP contribution in [0.15, 0.2) is 5.29 Å². The third-order valence-corrected chi connectivity index (χ3v) is 2.46. The van der Waals surface area contributed by atoms with E-state index in [1.165, 1.54) is 0 Å². The van der Waals surface area contributed by atoms with Crippen molar-refractivity contribution in [3.8, 4) is 0 Å². The van der Waals surface area contributed by atoms with E-state index in [1.54, 1.807) is 5.01 Å². The van der Waals surface area contributed by atoms with Crippen molar-refractivity contribution in [2.24, 2.45) is 5.29 Å². The Balaban J connectivity index is 2.54. The first-order chi connectivity index (χ1) is 5.15. The minimum atomic E-state index is 0.427. The van der Waals surface area contributed by atoms with Crippen LogP contribution in [0.4, 0.5) is 0 Å². The quantitative estimate of drug-likeness (QED) is 0.525. The molecule has 1 heterocycles. The molecule has 0 unspecified atom stereocenters. The second-order valence-corrected chi connectivity index (χ2v) is 3.32. The van der Waals surface area contributed by atoms with Crippen molar-refractivity contribution in [2.45, 2.75) is 25.9 Å². The first-order valence-electron chi connectivity index (χ1n) is 3.95. The molecule has 0 amide bonds. The number of hydrogen-bond acceptors (Lipinski definition) is 3. The molecule has 1 saturated heterocycles. The van der Waals surface area contributed by atoms with Gasteiger partial charge in [0.05, 0.1) is 18.4 Å². The van der Waals surface area contributed by atoms with Crippen LogP contribution >= 0.6 is 0 Å². The molecule has 4 nitrogen and oxygen atoms in total. The predicted octanol–water partition coefficient (Wildman–Crippen LogP) is 0.692. The third-order valence-electron chi connectivity index (χ3n) is 2.46. The van der Waals surface area contributed by atoms with E-state index >= 15 is 0 Å². The van der Waals surface area contributed by atoms with Gasteiger partial charge in [-0.25, -0.2) is 0 Å². The topological polar surface area (TPSA) is 35.9 Å². The summed E-state index contributed by atoms with van der Waals surface area (Å²) >= 11 is 0. The lowest BCUT2D eigenvalue weighted by Gasteiger charge is -2.39. The van der Waals surface area contributed by atoms with Gasteiger partial charge < -0.3 is 0 Å². The molecule has 0 aromatic rings. The van der Waals surface area contributed by atoms with Crippen LogP contribution in [0.3, 0.4) is 0 Å². The van der Waals surface area contributed by atoms with Crippen molar-refractivity contribution in [3.05, 3.63) is 4.91 Å². The molecule has 1 rings (SSSR count). The standard InChI is InChI=1S/C7H15N3O/c1-6-4-10(8-11)5-7(2)9(6)3/h6-7H,4-5H2,1-3H3/t6-,7-/m1/s1. The smallest absolute Gasteiger partial charge is 0.0546 e. The van der Waals surface area contributed by atoms with E-state index in [4.69, 9.17) is 0 Å². The number of rotatable bonds is 1. The summed E-state index contributed by atoms with van der Waals surface area (Å²) in [5, 5.41) is 4.53. The Labute approximate surface area is 67.1 Å². The molecule has 0 spiro atoms. The van der Waals surface area contributed by atoms with Crippen LogP contribution in [-0.4, -0.2) is 42.1 Å². The molecule has 1 aliphatic rings. The molecule has 0 N–H and O–H groups in total. The Morgan fingerprint density at radius 3 is 2.09 bits per heavy atom. The van der Waals surface area contributed by atoms with Gasteiger partial charge in [0, 0.05) is 12.1 Å². The second kappa shape index (κ2) is 3.17. The fraction of sp³-hybridized carbons (Fsp3) is 1.00. The van der Waals surface area contributed by atoms with Gasteiger partial charge in [0.2, 0.25) is 0 Å². The molecular formula is C7H15N3O. The fourth-order valence-corrected chi connectivity index (χ4v) is 1.44. The highest BCUT2D eigenvalue weighted by molar-refractivity contribution is 4.80. The molecular weight excluding hydrogens is 142 g/mol.